The van der Waals surface area contributed by atoms with Gasteiger partial charge in [-0.1, -0.05) is 61.8 Å². The van der Waals surface area contributed by atoms with Crippen LogP contribution in [0.4, 0.5) is 28.6 Å². The summed E-state index contributed by atoms with van der Waals surface area (Å²) in [5.41, 5.74) is 4.12. The molecule has 4 aromatic heterocycles. The monoisotopic (exact) mass is 1630 g/mol. The van der Waals surface area contributed by atoms with Crippen LogP contribution in [0, 0.1) is 89.4 Å². The summed E-state index contributed by atoms with van der Waals surface area (Å²) in [7, 11) is 15.2. The van der Waals surface area contributed by atoms with Crippen LogP contribution in [0.2, 0.25) is 0 Å². The number of para-hydroxylation sites is 1. The molecule has 0 spiro atoms. The van der Waals surface area contributed by atoms with Crippen LogP contribution in [0.25, 0.3) is 5.41 Å². The average Bonchev–Trinajstić information content (AvgIpc) is 3.43. The van der Waals surface area contributed by atoms with E-state index in [1.54, 1.807) is 80.2 Å². The molecule has 0 atom stereocenters. The molecule has 0 saturated carbocycles. The maximum atomic E-state index is 8.10. The summed E-state index contributed by atoms with van der Waals surface area (Å²) in [6.07, 6.45) is 15.7. The molecule has 0 N–H and O–H groups in total. The Morgan fingerprint density at radius 3 is 1.29 bits per heavy atom. The average molecular weight is 1630 g/mol. The van der Waals surface area contributed by atoms with Crippen LogP contribution in [0.15, 0.2) is 109 Å². The van der Waals surface area contributed by atoms with Gasteiger partial charge in [0.15, 0.2) is 0 Å². The molecule has 0 bridgehead atoms. The van der Waals surface area contributed by atoms with Gasteiger partial charge in [-0.25, -0.2) is 70.2 Å². The number of hydrogen-bond acceptors (Lipinski definition) is 12. The van der Waals surface area contributed by atoms with Gasteiger partial charge in [0.1, 0.15) is 0 Å². The Bertz CT molecular complexity index is 1550. The number of benzene rings is 1. The quantitative estimate of drug-likeness (QED) is 0.0406. The molecule has 0 saturated heterocycles. The summed E-state index contributed by atoms with van der Waals surface area (Å²) < 4.78 is 0. The number of pyridine rings is 4. The first-order valence-corrected chi connectivity index (χ1v) is 21.5. The third-order valence-corrected chi connectivity index (χ3v) is 8.65. The van der Waals surface area contributed by atoms with Crippen LogP contribution >= 0.6 is 0 Å². The minimum Gasteiger partial charge on any atom is -0.628 e. The third kappa shape index (κ3) is 60.7. The molecule has 5 aromatic rings. The summed E-state index contributed by atoms with van der Waals surface area (Å²) in [4.78, 5) is 29.0. The van der Waals surface area contributed by atoms with Crippen molar-refractivity contribution < 1.29 is 262 Å². The normalized spacial score (nSPS) is 8.00. The Hall–Kier alpha value is 2.13. The second-order valence-electron chi connectivity index (χ2n) is 13.1. The molecule has 0 fully saturated rings. The number of anilines is 5. The van der Waals surface area contributed by atoms with E-state index in [0.717, 1.165) is 34.9 Å². The van der Waals surface area contributed by atoms with Gasteiger partial charge in [-0.3, -0.25) is 4.98 Å². The summed E-state index contributed by atoms with van der Waals surface area (Å²) in [5.74, 6) is 0.852. The van der Waals surface area contributed by atoms with Gasteiger partial charge in [0.25, 0.3) is 0 Å². The fourth-order valence-corrected chi connectivity index (χ4v) is 3.56. The molecule has 0 aliphatic carbocycles. The molecular weight excluding hydrogens is 1560 g/mol. The molecule has 22 heteroatoms. The zero-order chi connectivity index (χ0) is 52.0. The minimum absolute atomic E-state index is 0. The fourth-order valence-electron chi connectivity index (χ4n) is 3.56. The zero-order valence-corrected chi connectivity index (χ0v) is 70.8. The van der Waals surface area contributed by atoms with Crippen molar-refractivity contribution in [3.63, 3.8) is 0 Å². The summed E-state index contributed by atoms with van der Waals surface area (Å²) in [5, 5.41) is 12.9. The molecule has 402 valence electrons. The second-order valence-corrected chi connectivity index (χ2v) is 13.1. The Morgan fingerprint density at radius 2 is 0.974 bits per heavy atom. The molecule has 4 heterocycles. The van der Waals surface area contributed by atoms with Crippen LogP contribution in [0.5, 0.6) is 0 Å². The molecule has 0 amide bonds. The van der Waals surface area contributed by atoms with E-state index in [1.807, 2.05) is 216 Å². The smallest absolute Gasteiger partial charge is 0.00381 e. The van der Waals surface area contributed by atoms with Crippen molar-refractivity contribution >= 4 is 41.6 Å². The first-order chi connectivity index (χ1) is 32.6. The van der Waals surface area contributed by atoms with Gasteiger partial charge in [0.05, 0.1) is 0 Å². The van der Waals surface area contributed by atoms with Crippen LogP contribution < -0.4 is 24.5 Å². The molecule has 1 aromatic carbocycles. The summed E-state index contributed by atoms with van der Waals surface area (Å²) in [6.45, 7) is 40.6. The van der Waals surface area contributed by atoms with Crippen molar-refractivity contribution in [2.45, 2.75) is 55.4 Å². The van der Waals surface area contributed by atoms with E-state index < -0.39 is 0 Å². The van der Waals surface area contributed by atoms with Crippen LogP contribution in [-0.2, 0) is 262 Å². The maximum absolute atomic E-state index is 8.10. The predicted octanol–water partition coefficient (Wildman–Crippen LogP) is 10.4. The SMILES string of the molecule is C[CH-]N(C)C=[N-].C[CH-]N(C)c1[c-]cccc1.C[CH-]N(C)c1[c-]cccn1.C[CH-]N(C)c1[c-]ccnc1.C[CH-]N(C)c1[c-]cncc1.C[CH-]N(C)c1[c-]nccc1.[CH-]=CN(C)[CH-]C.[CH-]=NN(C)[CH-]C.[Y].[Y].[Y].[Y].[Y].[Y].[Y].[Y]. The molecule has 0 unspecified atom stereocenters. The van der Waals surface area contributed by atoms with E-state index in [0.29, 0.717) is 0 Å². The van der Waals surface area contributed by atoms with Crippen molar-refractivity contribution in [2.24, 2.45) is 5.10 Å². The number of nitrogens with zero attached hydrogens (tertiary/aromatic N) is 14. The van der Waals surface area contributed by atoms with Gasteiger partial charge < -0.3 is 84.6 Å². The largest absolute Gasteiger partial charge is 0.628 e. The van der Waals surface area contributed by atoms with Gasteiger partial charge in [0, 0.05) is 267 Å². The fraction of sp³-hybridized carbons (Fsp3) is 0.296. The van der Waals surface area contributed by atoms with E-state index in [9.17, 15) is 0 Å². The van der Waals surface area contributed by atoms with Crippen molar-refractivity contribution in [1.82, 2.24) is 34.7 Å². The van der Waals surface area contributed by atoms with E-state index in [2.05, 4.69) is 55.5 Å². The first-order valence-electron chi connectivity index (χ1n) is 21.5. The Labute approximate surface area is 666 Å². The van der Waals surface area contributed by atoms with Crippen molar-refractivity contribution in [3.05, 3.63) is 199 Å². The molecule has 0 aliphatic heterocycles. The zero-order valence-electron chi connectivity index (χ0n) is 48.0. The number of aromatic nitrogens is 4. The van der Waals surface area contributed by atoms with E-state index in [-0.39, 0.29) is 262 Å². The molecule has 5 rings (SSSR count). The topological polar surface area (TPSA) is 112 Å². The van der Waals surface area contributed by atoms with Crippen LogP contribution in [-0.4, -0.2) is 104 Å². The number of hydrazone groups is 1. The van der Waals surface area contributed by atoms with Crippen molar-refractivity contribution in [2.75, 3.05) is 80.9 Å². The Morgan fingerprint density at radius 1 is 0.487 bits per heavy atom. The predicted molar refractivity (Wildman–Crippen MR) is 289 cm³/mol. The van der Waals surface area contributed by atoms with Crippen molar-refractivity contribution in [3.8, 4) is 0 Å². The van der Waals surface area contributed by atoms with E-state index in [4.69, 9.17) is 18.7 Å². The van der Waals surface area contributed by atoms with Gasteiger partial charge >= 0.3 is 0 Å². The molecule has 8 radical (unpaired) electrons. The van der Waals surface area contributed by atoms with Crippen LogP contribution in [0.1, 0.15) is 55.4 Å². The molecular formula is C54H76N14Y8-16. The summed E-state index contributed by atoms with van der Waals surface area (Å²) in [6, 6.07) is 31.4. The number of rotatable bonds is 16. The number of hydrogen-bond donors (Lipinski definition) is 0. The van der Waals surface area contributed by atoms with E-state index in [1.165, 1.54) is 11.2 Å². The van der Waals surface area contributed by atoms with Crippen LogP contribution in [0.3, 0.4) is 0 Å². The first kappa shape index (κ1) is 103. The minimum atomic E-state index is 0. The van der Waals surface area contributed by atoms with Gasteiger partial charge in [-0.05, 0) is 49.3 Å². The standard InChI is InChI=1S/C9H11N.4C8H10N2.C5H9N.2C4H8N2.8Y/c1-3-10(2)9-7-5-4-6-8-9;1-3-10(2)8-4-6-9-7-5-8;2*1-3-10(2)8-5-4-6-9-7-8;1-3-10(2)8-6-4-5-7-9-8;2*1-4-6(3)5-2;1-3-6(2)4-5;;;;;;;;/h3-7H,1-2H3;2*3-4,6-7H,1-2H3;3-6H,1-2H3;3-5,7H,1-2H3;1,4-5H,2-3H3;2,4H,1,3H3;3-4H,1-2H3;;;;;;;;/q8*-2;;;;;;;;. The molecule has 0 aliphatic rings. The van der Waals surface area contributed by atoms with Gasteiger partial charge in [-0.15, -0.1) is 18.1 Å². The summed E-state index contributed by atoms with van der Waals surface area (Å²) >= 11 is 0. The Kier molecular flexibility index (Phi) is 102. The third-order valence-electron chi connectivity index (χ3n) is 8.65. The van der Waals surface area contributed by atoms with Gasteiger partial charge in [-0.2, -0.15) is 122 Å². The van der Waals surface area contributed by atoms with Gasteiger partial charge in [0.2, 0.25) is 0 Å². The Balaban J connectivity index is -0.0000000702. The molecule has 14 nitrogen and oxygen atoms in total. The molecule has 76 heavy (non-hydrogen) atoms. The van der Waals surface area contributed by atoms with E-state index >= 15 is 0 Å². The maximum Gasteiger partial charge on any atom is 0.00381 e. The van der Waals surface area contributed by atoms with Crippen molar-refractivity contribution in [1.29, 1.82) is 0 Å². The second kappa shape index (κ2) is 75.1.